The van der Waals surface area contributed by atoms with Crippen molar-refractivity contribution in [2.75, 3.05) is 19.6 Å². The molecule has 202 valence electrons. The molecule has 0 unspecified atom stereocenters. The first-order valence-electron chi connectivity index (χ1n) is 12.9. The number of likely N-dealkylation sites (tertiary alicyclic amines) is 1. The quantitative estimate of drug-likeness (QED) is 0.398. The van der Waals surface area contributed by atoms with Crippen LogP contribution in [0.25, 0.3) is 0 Å². The summed E-state index contributed by atoms with van der Waals surface area (Å²) < 4.78 is 28.2. The molecule has 1 aliphatic heterocycles. The molecule has 1 aliphatic rings. The van der Waals surface area contributed by atoms with Crippen molar-refractivity contribution in [3.63, 3.8) is 0 Å². The van der Waals surface area contributed by atoms with Gasteiger partial charge in [0.1, 0.15) is 11.6 Å². The van der Waals surface area contributed by atoms with Crippen LogP contribution in [0.4, 0.5) is 8.78 Å². The van der Waals surface area contributed by atoms with Crippen LogP contribution in [0.5, 0.6) is 0 Å². The maximum Gasteiger partial charge on any atom is 0.225 e. The van der Waals surface area contributed by atoms with E-state index in [0.29, 0.717) is 43.1 Å². The first kappa shape index (κ1) is 29.1. The van der Waals surface area contributed by atoms with E-state index in [-0.39, 0.29) is 35.2 Å². The highest BCUT2D eigenvalue weighted by atomic mass is 35.5. The smallest absolute Gasteiger partial charge is 0.225 e. The number of hydrogen-bond donors (Lipinski definition) is 2. The first-order chi connectivity index (χ1) is 17.4. The monoisotopic (exact) mass is 533 g/mol. The highest BCUT2D eigenvalue weighted by Crippen LogP contribution is 2.37. The summed E-state index contributed by atoms with van der Waals surface area (Å²) in [7, 11) is 0. The molecule has 2 aromatic rings. The molecule has 0 radical (unpaired) electrons. The Balaban J connectivity index is 1.66. The van der Waals surface area contributed by atoms with Crippen molar-refractivity contribution in [3.8, 4) is 0 Å². The lowest BCUT2D eigenvalue weighted by atomic mass is 9.88. The molecule has 2 amide bonds. The van der Waals surface area contributed by atoms with Crippen LogP contribution in [0.15, 0.2) is 42.5 Å². The molecule has 2 N–H and O–H groups in total. The summed E-state index contributed by atoms with van der Waals surface area (Å²) in [6.45, 7) is 11.3. The van der Waals surface area contributed by atoms with Crippen LogP contribution in [0, 0.1) is 23.5 Å². The van der Waals surface area contributed by atoms with Crippen LogP contribution >= 0.6 is 11.6 Å². The second-order valence-electron chi connectivity index (χ2n) is 11.2. The summed E-state index contributed by atoms with van der Waals surface area (Å²) in [5.41, 5.74) is 1.13. The van der Waals surface area contributed by atoms with Gasteiger partial charge in [0.25, 0.3) is 0 Å². The van der Waals surface area contributed by atoms with Crippen LogP contribution < -0.4 is 10.6 Å². The molecule has 1 saturated heterocycles. The van der Waals surface area contributed by atoms with Gasteiger partial charge in [0.15, 0.2) is 0 Å². The molecule has 0 spiro atoms. The Bertz CT molecular complexity index is 1090. The van der Waals surface area contributed by atoms with E-state index in [0.717, 1.165) is 11.6 Å². The van der Waals surface area contributed by atoms with Crippen molar-refractivity contribution in [2.24, 2.45) is 11.8 Å². The third kappa shape index (κ3) is 7.74. The van der Waals surface area contributed by atoms with E-state index in [1.54, 1.807) is 12.1 Å². The maximum atomic E-state index is 14.7. The van der Waals surface area contributed by atoms with Crippen LogP contribution in [0.2, 0.25) is 5.02 Å². The van der Waals surface area contributed by atoms with Crippen molar-refractivity contribution in [1.29, 1.82) is 0 Å². The van der Waals surface area contributed by atoms with Gasteiger partial charge in [-0.05, 0) is 62.9 Å². The molecule has 8 heteroatoms. The molecule has 2 aromatic carbocycles. The minimum absolute atomic E-state index is 0.0404. The Morgan fingerprint density at radius 3 is 2.35 bits per heavy atom. The van der Waals surface area contributed by atoms with Crippen molar-refractivity contribution < 1.29 is 18.4 Å². The number of halogens is 3. The van der Waals surface area contributed by atoms with Crippen molar-refractivity contribution in [2.45, 2.75) is 65.0 Å². The first-order valence-corrected chi connectivity index (χ1v) is 13.3. The predicted molar refractivity (Wildman–Crippen MR) is 143 cm³/mol. The normalized spacial score (nSPS) is 19.2. The molecular weight excluding hydrogens is 496 g/mol. The maximum absolute atomic E-state index is 14.7. The Morgan fingerprint density at radius 1 is 1.08 bits per heavy atom. The molecule has 3 rings (SSSR count). The fraction of sp³-hybridized carbons (Fsp3) is 0.517. The molecule has 0 aliphatic carbocycles. The standard InChI is InChI=1S/C29H38ClF2N3O2/c1-18(2)27(36)34-26(19-8-10-20(30)11-9-19)7-6-14-33-28(37)24-17-35(29(3,4)5)16-23(24)22-13-12-21(31)15-25(22)32/h8-13,15,18,23-24,26H,6-7,14,16-17H2,1-5H3,(H,33,37)(H,34,36)/t23-,24+,26-/m0/s1. The second kappa shape index (κ2) is 12.4. The number of carbonyl (C=O) groups excluding carboxylic acids is 2. The lowest BCUT2D eigenvalue weighted by molar-refractivity contribution is -0.126. The summed E-state index contributed by atoms with van der Waals surface area (Å²) in [4.78, 5) is 27.8. The van der Waals surface area contributed by atoms with Crippen molar-refractivity contribution in [1.82, 2.24) is 15.5 Å². The number of rotatable bonds is 9. The van der Waals surface area contributed by atoms with Gasteiger partial charge in [-0.1, -0.05) is 43.6 Å². The number of benzene rings is 2. The van der Waals surface area contributed by atoms with E-state index >= 15 is 0 Å². The topological polar surface area (TPSA) is 61.4 Å². The predicted octanol–water partition coefficient (Wildman–Crippen LogP) is 5.84. The van der Waals surface area contributed by atoms with Gasteiger partial charge in [0, 0.05) is 48.1 Å². The summed E-state index contributed by atoms with van der Waals surface area (Å²) in [6, 6.07) is 10.8. The average Bonchev–Trinajstić information content (AvgIpc) is 3.27. The number of carbonyl (C=O) groups is 2. The highest BCUT2D eigenvalue weighted by Gasteiger charge is 2.42. The Kier molecular flexibility index (Phi) is 9.70. The third-order valence-corrected chi connectivity index (χ3v) is 7.30. The van der Waals surface area contributed by atoms with E-state index in [9.17, 15) is 18.4 Å². The van der Waals surface area contributed by atoms with Crippen LogP contribution in [-0.4, -0.2) is 41.9 Å². The number of nitrogens with zero attached hydrogens (tertiary/aromatic N) is 1. The van der Waals surface area contributed by atoms with Gasteiger partial charge in [0.05, 0.1) is 12.0 Å². The minimum atomic E-state index is -0.632. The number of hydrogen-bond acceptors (Lipinski definition) is 3. The molecule has 0 aromatic heterocycles. The largest absolute Gasteiger partial charge is 0.356 e. The van der Waals surface area contributed by atoms with Crippen LogP contribution in [0.3, 0.4) is 0 Å². The summed E-state index contributed by atoms with van der Waals surface area (Å²) in [5.74, 6) is -2.40. The molecule has 0 saturated carbocycles. The van der Waals surface area contributed by atoms with Gasteiger partial charge in [-0.3, -0.25) is 14.5 Å². The Labute approximate surface area is 224 Å². The summed E-state index contributed by atoms with van der Waals surface area (Å²) >= 11 is 6.03. The number of amides is 2. The molecular formula is C29H38ClF2N3O2. The summed E-state index contributed by atoms with van der Waals surface area (Å²) in [6.07, 6.45) is 1.28. The molecule has 5 nitrogen and oxygen atoms in total. The van der Waals surface area contributed by atoms with E-state index < -0.39 is 17.6 Å². The lowest BCUT2D eigenvalue weighted by Crippen LogP contribution is -2.41. The fourth-order valence-corrected chi connectivity index (χ4v) is 4.87. The van der Waals surface area contributed by atoms with E-state index in [4.69, 9.17) is 11.6 Å². The zero-order valence-corrected chi connectivity index (χ0v) is 23.0. The second-order valence-corrected chi connectivity index (χ2v) is 11.6. The van der Waals surface area contributed by atoms with E-state index in [1.807, 2.05) is 26.0 Å². The van der Waals surface area contributed by atoms with Gasteiger partial charge in [0.2, 0.25) is 11.8 Å². The zero-order chi connectivity index (χ0) is 27.3. The van der Waals surface area contributed by atoms with Crippen LogP contribution in [-0.2, 0) is 9.59 Å². The van der Waals surface area contributed by atoms with Crippen molar-refractivity contribution >= 4 is 23.4 Å². The minimum Gasteiger partial charge on any atom is -0.356 e. The Hall–Kier alpha value is -2.51. The zero-order valence-electron chi connectivity index (χ0n) is 22.3. The Morgan fingerprint density at radius 2 is 1.76 bits per heavy atom. The third-order valence-electron chi connectivity index (χ3n) is 7.05. The molecule has 3 atom stereocenters. The fourth-order valence-electron chi connectivity index (χ4n) is 4.74. The molecule has 37 heavy (non-hydrogen) atoms. The van der Waals surface area contributed by atoms with E-state index in [2.05, 4.69) is 36.3 Å². The lowest BCUT2D eigenvalue weighted by Gasteiger charge is -2.31. The van der Waals surface area contributed by atoms with Gasteiger partial charge in [-0.2, -0.15) is 0 Å². The van der Waals surface area contributed by atoms with Crippen molar-refractivity contribution in [3.05, 3.63) is 70.2 Å². The number of nitrogens with one attached hydrogen (secondary N) is 2. The van der Waals surface area contributed by atoms with E-state index in [1.165, 1.54) is 12.1 Å². The van der Waals surface area contributed by atoms with Gasteiger partial charge in [-0.25, -0.2) is 8.78 Å². The highest BCUT2D eigenvalue weighted by molar-refractivity contribution is 6.30. The average molecular weight is 534 g/mol. The molecule has 0 bridgehead atoms. The van der Waals surface area contributed by atoms with Gasteiger partial charge < -0.3 is 10.6 Å². The summed E-state index contributed by atoms with van der Waals surface area (Å²) in [5, 5.41) is 6.73. The van der Waals surface area contributed by atoms with Gasteiger partial charge >= 0.3 is 0 Å². The molecule has 1 heterocycles. The SMILES string of the molecule is CC(C)C(=O)N[C@@H](CCCNC(=O)[C@@H]1CN(C(C)(C)C)C[C@H]1c1ccc(F)cc1F)c1ccc(Cl)cc1. The van der Waals surface area contributed by atoms with Gasteiger partial charge in [-0.15, -0.1) is 0 Å². The van der Waals surface area contributed by atoms with Crippen LogP contribution in [0.1, 0.15) is 70.5 Å². The molecule has 1 fully saturated rings.